The maximum Gasteiger partial charge on any atom is 0.220 e. The summed E-state index contributed by atoms with van der Waals surface area (Å²) < 4.78 is 0. The summed E-state index contributed by atoms with van der Waals surface area (Å²) in [6, 6.07) is 1.75. The van der Waals surface area contributed by atoms with Crippen LogP contribution in [0, 0.1) is 0 Å². The van der Waals surface area contributed by atoms with E-state index in [2.05, 4.69) is 19.9 Å². The fraction of sp³-hybridized carbons (Fsp3) is 0. The molecule has 2 heterocycles. The number of nitrogen functional groups attached to an aromatic ring is 1. The molecule has 0 radical (unpaired) electrons. The Labute approximate surface area is 68.7 Å². The molecule has 5 nitrogen and oxygen atoms in total. The Hall–Kier alpha value is -1.91. The van der Waals surface area contributed by atoms with Crippen molar-refractivity contribution in [2.75, 3.05) is 5.73 Å². The monoisotopic (exact) mass is 161 g/mol. The standard InChI is InChI=1S/C7H7N5/c8-7-11-2-1-5(12-7)6-9-3-4-10-6/h1-4H,(H,9,10)(H2,8,11,12). The smallest absolute Gasteiger partial charge is 0.220 e. The molecule has 3 N–H and O–H groups in total. The van der Waals surface area contributed by atoms with E-state index in [1.807, 2.05) is 0 Å². The zero-order chi connectivity index (χ0) is 8.39. The van der Waals surface area contributed by atoms with Gasteiger partial charge in [0.1, 0.15) is 5.69 Å². The van der Waals surface area contributed by atoms with E-state index in [1.54, 1.807) is 24.7 Å². The zero-order valence-electron chi connectivity index (χ0n) is 6.23. The van der Waals surface area contributed by atoms with Gasteiger partial charge in [-0.2, -0.15) is 0 Å². The highest BCUT2D eigenvalue weighted by molar-refractivity contribution is 5.49. The maximum atomic E-state index is 5.40. The summed E-state index contributed by atoms with van der Waals surface area (Å²) in [6.07, 6.45) is 4.99. The van der Waals surface area contributed by atoms with Crippen molar-refractivity contribution in [3.05, 3.63) is 24.7 Å². The molecule has 0 saturated heterocycles. The highest BCUT2D eigenvalue weighted by Gasteiger charge is 2.00. The van der Waals surface area contributed by atoms with Crippen molar-refractivity contribution in [3.63, 3.8) is 0 Å². The lowest BCUT2D eigenvalue weighted by Crippen LogP contribution is -1.95. The van der Waals surface area contributed by atoms with Crippen molar-refractivity contribution in [1.82, 2.24) is 19.9 Å². The average molecular weight is 161 g/mol. The first-order valence-corrected chi connectivity index (χ1v) is 3.44. The van der Waals surface area contributed by atoms with Crippen molar-refractivity contribution in [2.24, 2.45) is 0 Å². The van der Waals surface area contributed by atoms with E-state index in [4.69, 9.17) is 5.73 Å². The van der Waals surface area contributed by atoms with Crippen molar-refractivity contribution in [1.29, 1.82) is 0 Å². The molecular weight excluding hydrogens is 154 g/mol. The number of H-pyrrole nitrogens is 1. The average Bonchev–Trinajstić information content (AvgIpc) is 2.56. The third-order valence-corrected chi connectivity index (χ3v) is 1.42. The summed E-state index contributed by atoms with van der Waals surface area (Å²) >= 11 is 0. The molecule has 0 spiro atoms. The normalized spacial score (nSPS) is 10.0. The number of aromatic amines is 1. The van der Waals surface area contributed by atoms with E-state index in [9.17, 15) is 0 Å². The summed E-state index contributed by atoms with van der Waals surface area (Å²) in [6.45, 7) is 0. The predicted molar refractivity (Wildman–Crippen MR) is 44.0 cm³/mol. The lowest BCUT2D eigenvalue weighted by Gasteiger charge is -1.95. The molecule has 12 heavy (non-hydrogen) atoms. The predicted octanol–water partition coefficient (Wildman–Crippen LogP) is 0.449. The molecule has 0 aliphatic carbocycles. The fourth-order valence-corrected chi connectivity index (χ4v) is 0.911. The van der Waals surface area contributed by atoms with E-state index in [0.29, 0.717) is 11.5 Å². The highest BCUT2D eigenvalue weighted by Crippen LogP contribution is 2.09. The zero-order valence-corrected chi connectivity index (χ0v) is 6.23. The van der Waals surface area contributed by atoms with E-state index in [1.165, 1.54) is 0 Å². The first-order valence-electron chi connectivity index (χ1n) is 3.44. The van der Waals surface area contributed by atoms with Crippen LogP contribution in [0.3, 0.4) is 0 Å². The molecule has 60 valence electrons. The quantitative estimate of drug-likeness (QED) is 0.636. The number of hydrogen-bond donors (Lipinski definition) is 2. The third kappa shape index (κ3) is 1.12. The van der Waals surface area contributed by atoms with Gasteiger partial charge in [0.15, 0.2) is 5.82 Å². The van der Waals surface area contributed by atoms with E-state index >= 15 is 0 Å². The summed E-state index contributed by atoms with van der Waals surface area (Å²) in [5.41, 5.74) is 6.10. The fourth-order valence-electron chi connectivity index (χ4n) is 0.911. The highest BCUT2D eigenvalue weighted by atomic mass is 15.0. The molecule has 0 amide bonds. The van der Waals surface area contributed by atoms with Crippen LogP contribution < -0.4 is 5.73 Å². The summed E-state index contributed by atoms with van der Waals surface area (Å²) in [4.78, 5) is 14.7. The van der Waals surface area contributed by atoms with Crippen LogP contribution in [0.25, 0.3) is 11.5 Å². The minimum atomic E-state index is 0.254. The SMILES string of the molecule is Nc1nccc(-c2ncc[nH]2)n1. The van der Waals surface area contributed by atoms with E-state index < -0.39 is 0 Å². The van der Waals surface area contributed by atoms with Gasteiger partial charge in [0.05, 0.1) is 0 Å². The molecule has 0 atom stereocenters. The largest absolute Gasteiger partial charge is 0.368 e. The molecule has 0 saturated carbocycles. The molecule has 0 bridgehead atoms. The molecule has 0 fully saturated rings. The topological polar surface area (TPSA) is 80.5 Å². The molecule has 0 aliphatic rings. The molecule has 5 heteroatoms. The first-order chi connectivity index (χ1) is 5.86. The number of imidazole rings is 1. The van der Waals surface area contributed by atoms with Crippen LogP contribution >= 0.6 is 0 Å². The van der Waals surface area contributed by atoms with E-state index in [-0.39, 0.29) is 5.95 Å². The Balaban J connectivity index is 2.48. The molecule has 0 aliphatic heterocycles. The van der Waals surface area contributed by atoms with Gasteiger partial charge < -0.3 is 10.7 Å². The second-order valence-corrected chi connectivity index (χ2v) is 2.24. The van der Waals surface area contributed by atoms with Gasteiger partial charge >= 0.3 is 0 Å². The number of nitrogens with one attached hydrogen (secondary N) is 1. The van der Waals surface area contributed by atoms with Crippen LogP contribution in [-0.2, 0) is 0 Å². The first kappa shape index (κ1) is 6.78. The van der Waals surface area contributed by atoms with Crippen molar-refractivity contribution >= 4 is 5.95 Å². The number of aromatic nitrogens is 4. The van der Waals surface area contributed by atoms with Crippen LogP contribution in [0.15, 0.2) is 24.7 Å². The Morgan fingerprint density at radius 2 is 2.17 bits per heavy atom. The Morgan fingerprint density at radius 1 is 1.25 bits per heavy atom. The van der Waals surface area contributed by atoms with Gasteiger partial charge in [-0.3, -0.25) is 0 Å². The summed E-state index contributed by atoms with van der Waals surface area (Å²) in [5, 5.41) is 0. The molecule has 2 aromatic heterocycles. The number of nitrogens with two attached hydrogens (primary N) is 1. The van der Waals surface area contributed by atoms with Crippen LogP contribution in [0.5, 0.6) is 0 Å². The third-order valence-electron chi connectivity index (χ3n) is 1.42. The molecule has 2 aromatic rings. The molecule has 0 unspecified atom stereocenters. The lowest BCUT2D eigenvalue weighted by atomic mass is 10.4. The van der Waals surface area contributed by atoms with Crippen molar-refractivity contribution in [2.45, 2.75) is 0 Å². The summed E-state index contributed by atoms with van der Waals surface area (Å²) in [7, 11) is 0. The number of hydrogen-bond acceptors (Lipinski definition) is 4. The Morgan fingerprint density at radius 3 is 2.83 bits per heavy atom. The van der Waals surface area contributed by atoms with Gasteiger partial charge in [0.25, 0.3) is 0 Å². The van der Waals surface area contributed by atoms with Crippen molar-refractivity contribution in [3.8, 4) is 11.5 Å². The van der Waals surface area contributed by atoms with Gasteiger partial charge in [0.2, 0.25) is 5.95 Å². The van der Waals surface area contributed by atoms with Gasteiger partial charge in [-0.15, -0.1) is 0 Å². The minimum Gasteiger partial charge on any atom is -0.368 e. The molecule has 0 aromatic carbocycles. The van der Waals surface area contributed by atoms with Crippen LogP contribution in [-0.4, -0.2) is 19.9 Å². The maximum absolute atomic E-state index is 5.40. The van der Waals surface area contributed by atoms with Gasteiger partial charge in [-0.25, -0.2) is 15.0 Å². The van der Waals surface area contributed by atoms with E-state index in [0.717, 1.165) is 0 Å². The van der Waals surface area contributed by atoms with Crippen molar-refractivity contribution < 1.29 is 0 Å². The summed E-state index contributed by atoms with van der Waals surface area (Å²) in [5.74, 6) is 0.952. The van der Waals surface area contributed by atoms with Gasteiger partial charge in [-0.05, 0) is 6.07 Å². The second kappa shape index (κ2) is 2.61. The van der Waals surface area contributed by atoms with Gasteiger partial charge in [-0.1, -0.05) is 0 Å². The van der Waals surface area contributed by atoms with Crippen LogP contribution in [0.4, 0.5) is 5.95 Å². The molecule has 2 rings (SSSR count). The molecular formula is C7H7N5. The minimum absolute atomic E-state index is 0.254. The Kier molecular flexibility index (Phi) is 1.48. The number of rotatable bonds is 1. The van der Waals surface area contributed by atoms with Crippen LogP contribution in [0.1, 0.15) is 0 Å². The number of nitrogens with zero attached hydrogens (tertiary/aromatic N) is 3. The second-order valence-electron chi connectivity index (χ2n) is 2.24. The number of anilines is 1. The van der Waals surface area contributed by atoms with Crippen LogP contribution in [0.2, 0.25) is 0 Å². The van der Waals surface area contributed by atoms with Gasteiger partial charge in [0, 0.05) is 18.6 Å². The lowest BCUT2D eigenvalue weighted by molar-refractivity contribution is 1.15. The Bertz CT molecular complexity index is 367.